The van der Waals surface area contributed by atoms with E-state index in [9.17, 15) is 14.4 Å². The number of nitrogens with zero attached hydrogens (tertiary/aromatic N) is 1. The third-order valence-electron chi connectivity index (χ3n) is 4.56. The highest BCUT2D eigenvalue weighted by Gasteiger charge is 2.34. The van der Waals surface area contributed by atoms with Crippen molar-refractivity contribution in [2.75, 3.05) is 13.1 Å². The molecule has 1 aromatic rings. The highest BCUT2D eigenvalue weighted by molar-refractivity contribution is 6.03. The quantitative estimate of drug-likeness (QED) is 0.903. The first-order chi connectivity index (χ1) is 10.5. The molecule has 2 aliphatic rings. The van der Waals surface area contributed by atoms with E-state index in [1.807, 2.05) is 0 Å². The topological polar surface area (TPSA) is 87.8 Å². The summed E-state index contributed by atoms with van der Waals surface area (Å²) < 4.78 is 5.66. The Morgan fingerprint density at radius 1 is 1.27 bits per heavy atom. The third kappa shape index (κ3) is 2.42. The van der Waals surface area contributed by atoms with Crippen molar-refractivity contribution in [1.82, 2.24) is 4.90 Å². The Morgan fingerprint density at radius 2 is 2.05 bits per heavy atom. The first kappa shape index (κ1) is 14.8. The normalized spacial score (nSPS) is 21.6. The van der Waals surface area contributed by atoms with Gasteiger partial charge < -0.3 is 14.4 Å². The van der Waals surface area contributed by atoms with Gasteiger partial charge in [0.05, 0.1) is 11.5 Å². The van der Waals surface area contributed by atoms with Gasteiger partial charge in [-0.1, -0.05) is 0 Å². The van der Waals surface area contributed by atoms with E-state index in [0.717, 1.165) is 6.42 Å². The van der Waals surface area contributed by atoms with Gasteiger partial charge in [-0.2, -0.15) is 0 Å². The summed E-state index contributed by atoms with van der Waals surface area (Å²) >= 11 is 0. The van der Waals surface area contributed by atoms with Crippen LogP contribution in [-0.4, -0.2) is 40.8 Å². The van der Waals surface area contributed by atoms with Crippen LogP contribution in [0, 0.1) is 12.8 Å². The van der Waals surface area contributed by atoms with E-state index in [1.165, 1.54) is 4.90 Å². The highest BCUT2D eigenvalue weighted by atomic mass is 16.4. The van der Waals surface area contributed by atoms with Crippen LogP contribution in [0.15, 0.2) is 4.42 Å². The first-order valence-corrected chi connectivity index (χ1v) is 7.66. The molecule has 1 amide bonds. The van der Waals surface area contributed by atoms with Gasteiger partial charge in [0.2, 0.25) is 0 Å². The van der Waals surface area contributed by atoms with Gasteiger partial charge in [-0.15, -0.1) is 0 Å². The molecule has 1 aliphatic heterocycles. The summed E-state index contributed by atoms with van der Waals surface area (Å²) in [4.78, 5) is 37.3. The fourth-order valence-electron chi connectivity index (χ4n) is 3.36. The number of piperidine rings is 1. The molecule has 2 heterocycles. The molecule has 6 heteroatoms. The third-order valence-corrected chi connectivity index (χ3v) is 4.56. The predicted octanol–water partition coefficient (Wildman–Crippen LogP) is 2.04. The zero-order valence-corrected chi connectivity index (χ0v) is 12.6. The molecule has 1 atom stereocenters. The number of fused-ring (bicyclic) bond motifs is 1. The lowest BCUT2D eigenvalue weighted by molar-refractivity contribution is -0.143. The summed E-state index contributed by atoms with van der Waals surface area (Å²) in [5.74, 6) is -0.864. The number of furan rings is 1. The lowest BCUT2D eigenvalue weighted by Gasteiger charge is -2.30. The molecule has 0 bridgehead atoms. The number of ketones is 1. The van der Waals surface area contributed by atoms with Gasteiger partial charge in [0.15, 0.2) is 11.5 Å². The van der Waals surface area contributed by atoms with Crippen molar-refractivity contribution in [3.05, 3.63) is 22.6 Å². The lowest BCUT2D eigenvalue weighted by Crippen LogP contribution is -2.42. The molecule has 1 N–H and O–H groups in total. The van der Waals surface area contributed by atoms with Crippen molar-refractivity contribution in [1.29, 1.82) is 0 Å². The second-order valence-corrected chi connectivity index (χ2v) is 6.06. The van der Waals surface area contributed by atoms with E-state index >= 15 is 0 Å². The molecule has 0 spiro atoms. The summed E-state index contributed by atoms with van der Waals surface area (Å²) in [6.07, 6.45) is 3.17. The molecule has 22 heavy (non-hydrogen) atoms. The van der Waals surface area contributed by atoms with Gasteiger partial charge in [0, 0.05) is 31.5 Å². The fraction of sp³-hybridized carbons (Fsp3) is 0.562. The molecule has 0 saturated carbocycles. The van der Waals surface area contributed by atoms with Crippen molar-refractivity contribution in [2.45, 2.75) is 39.0 Å². The van der Waals surface area contributed by atoms with Crippen LogP contribution in [0.3, 0.4) is 0 Å². The van der Waals surface area contributed by atoms with Crippen LogP contribution in [0.4, 0.5) is 0 Å². The summed E-state index contributed by atoms with van der Waals surface area (Å²) in [6.45, 7) is 2.46. The van der Waals surface area contributed by atoms with E-state index < -0.39 is 11.9 Å². The molecule has 1 fully saturated rings. The van der Waals surface area contributed by atoms with Gasteiger partial charge in [0.1, 0.15) is 5.76 Å². The second kappa shape index (κ2) is 5.59. The molecule has 3 rings (SSSR count). The van der Waals surface area contributed by atoms with Crippen molar-refractivity contribution >= 4 is 17.7 Å². The Balaban J connectivity index is 1.86. The highest BCUT2D eigenvalue weighted by Crippen LogP contribution is 2.30. The van der Waals surface area contributed by atoms with E-state index in [1.54, 1.807) is 6.92 Å². The average Bonchev–Trinajstić information content (AvgIpc) is 2.85. The molecule has 0 radical (unpaired) electrons. The molecular formula is C16H19NO5. The van der Waals surface area contributed by atoms with E-state index in [-0.39, 0.29) is 24.0 Å². The number of carboxylic acids is 1. The number of carbonyl (C=O) groups excluding carboxylic acids is 2. The number of carboxylic acid groups (broad SMARTS) is 1. The van der Waals surface area contributed by atoms with E-state index in [2.05, 4.69) is 0 Å². The van der Waals surface area contributed by atoms with Crippen molar-refractivity contribution in [3.63, 3.8) is 0 Å². The first-order valence-electron chi connectivity index (χ1n) is 7.66. The van der Waals surface area contributed by atoms with Crippen molar-refractivity contribution in [3.8, 4) is 0 Å². The minimum absolute atomic E-state index is 0.0311. The molecule has 118 valence electrons. The number of Topliss-reactive ketones (excluding diaryl/α,β-unsaturated/α-hetero) is 1. The van der Waals surface area contributed by atoms with Crippen LogP contribution >= 0.6 is 0 Å². The maximum absolute atomic E-state index is 12.6. The predicted molar refractivity (Wildman–Crippen MR) is 77.0 cm³/mol. The number of hydrogen-bond acceptors (Lipinski definition) is 4. The van der Waals surface area contributed by atoms with Crippen LogP contribution in [0.5, 0.6) is 0 Å². The SMILES string of the molecule is Cc1c(C(=O)N2CCCC(C(=O)O)C2)oc2c1C(=O)CCC2. The van der Waals surface area contributed by atoms with Crippen molar-refractivity contribution in [2.24, 2.45) is 5.92 Å². The van der Waals surface area contributed by atoms with Crippen LogP contribution < -0.4 is 0 Å². The maximum atomic E-state index is 12.6. The Morgan fingerprint density at radius 3 is 2.73 bits per heavy atom. The van der Waals surface area contributed by atoms with Gasteiger partial charge in [-0.05, 0) is 26.2 Å². The Hall–Kier alpha value is -2.11. The summed E-state index contributed by atoms with van der Waals surface area (Å²) in [6, 6.07) is 0. The minimum atomic E-state index is -0.872. The smallest absolute Gasteiger partial charge is 0.308 e. The van der Waals surface area contributed by atoms with Gasteiger partial charge in [0.25, 0.3) is 5.91 Å². The van der Waals surface area contributed by atoms with E-state index in [4.69, 9.17) is 9.52 Å². The summed E-state index contributed by atoms with van der Waals surface area (Å²) in [7, 11) is 0. The van der Waals surface area contributed by atoms with Gasteiger partial charge in [-0.25, -0.2) is 0 Å². The molecular weight excluding hydrogens is 286 g/mol. The standard InChI is InChI=1S/C16H19NO5/c1-9-13-11(18)5-2-6-12(13)22-14(9)15(19)17-7-3-4-10(8-17)16(20)21/h10H,2-8H2,1H3,(H,20,21). The summed E-state index contributed by atoms with van der Waals surface area (Å²) in [5.41, 5.74) is 1.16. The summed E-state index contributed by atoms with van der Waals surface area (Å²) in [5, 5.41) is 9.12. The molecule has 1 saturated heterocycles. The lowest BCUT2D eigenvalue weighted by atomic mass is 9.93. The number of aryl methyl sites for hydroxylation is 1. The number of carbonyl (C=O) groups is 3. The monoisotopic (exact) mass is 305 g/mol. The second-order valence-electron chi connectivity index (χ2n) is 6.06. The van der Waals surface area contributed by atoms with Crippen LogP contribution in [0.1, 0.15) is 57.9 Å². The molecule has 0 aromatic carbocycles. The Kier molecular flexibility index (Phi) is 3.76. The number of aliphatic carboxylic acids is 1. The van der Waals surface area contributed by atoms with Gasteiger partial charge in [-0.3, -0.25) is 14.4 Å². The zero-order chi connectivity index (χ0) is 15.9. The number of likely N-dealkylation sites (tertiary alicyclic amines) is 1. The minimum Gasteiger partial charge on any atom is -0.481 e. The van der Waals surface area contributed by atoms with Gasteiger partial charge >= 0.3 is 5.97 Å². The van der Waals surface area contributed by atoms with Crippen LogP contribution in [0.25, 0.3) is 0 Å². The van der Waals surface area contributed by atoms with E-state index in [0.29, 0.717) is 49.1 Å². The molecule has 1 aromatic heterocycles. The largest absolute Gasteiger partial charge is 0.481 e. The number of amides is 1. The Labute approximate surface area is 128 Å². The average molecular weight is 305 g/mol. The van der Waals surface area contributed by atoms with Crippen molar-refractivity contribution < 1.29 is 23.9 Å². The molecule has 1 aliphatic carbocycles. The Bertz CT molecular complexity index is 645. The van der Waals surface area contributed by atoms with Crippen LogP contribution in [-0.2, 0) is 11.2 Å². The van der Waals surface area contributed by atoms with Crippen LogP contribution in [0.2, 0.25) is 0 Å². The molecule has 1 unspecified atom stereocenters. The zero-order valence-electron chi connectivity index (χ0n) is 12.6. The maximum Gasteiger partial charge on any atom is 0.308 e. The fourth-order valence-corrected chi connectivity index (χ4v) is 3.36. The molecule has 6 nitrogen and oxygen atoms in total. The number of rotatable bonds is 2. The number of hydrogen-bond donors (Lipinski definition) is 1.